The van der Waals surface area contributed by atoms with Gasteiger partial charge in [-0.05, 0) is 36.6 Å². The van der Waals surface area contributed by atoms with Crippen LogP contribution >= 0.6 is 23.2 Å². The van der Waals surface area contributed by atoms with E-state index in [1.54, 1.807) is 13.0 Å². The molecule has 0 radical (unpaired) electrons. The van der Waals surface area contributed by atoms with Crippen molar-refractivity contribution in [3.63, 3.8) is 0 Å². The third kappa shape index (κ3) is 2.57. The molecule has 3 nitrogen and oxygen atoms in total. The van der Waals surface area contributed by atoms with Gasteiger partial charge in [0.05, 0.1) is 0 Å². The number of carboxylic acids is 1. The Kier molecular flexibility index (Phi) is 3.61. The van der Waals surface area contributed by atoms with E-state index in [-0.39, 0.29) is 0 Å². The molecule has 0 spiro atoms. The van der Waals surface area contributed by atoms with Gasteiger partial charge in [0, 0.05) is 23.1 Å². The summed E-state index contributed by atoms with van der Waals surface area (Å²) >= 11 is 12.1. The smallest absolute Gasteiger partial charge is 0.320 e. The van der Waals surface area contributed by atoms with E-state index in [0.717, 1.165) is 24.1 Å². The molecule has 0 aliphatic carbocycles. The van der Waals surface area contributed by atoms with Gasteiger partial charge in [-0.15, -0.1) is 0 Å². The van der Waals surface area contributed by atoms with Crippen LogP contribution in [-0.4, -0.2) is 28.6 Å². The highest BCUT2D eigenvalue weighted by Gasteiger charge is 2.26. The van der Waals surface area contributed by atoms with Gasteiger partial charge in [-0.3, -0.25) is 9.69 Å². The van der Waals surface area contributed by atoms with E-state index in [0.29, 0.717) is 16.6 Å². The molecule has 0 bridgehead atoms. The molecule has 1 aromatic carbocycles. The fraction of sp³-hybridized carbons (Fsp3) is 0.417. The minimum absolute atomic E-state index is 0.491. The largest absolute Gasteiger partial charge is 0.480 e. The SMILES string of the molecule is C[C@@H](C(=O)O)N1CCc2cc(Cl)cc(Cl)c2C1. The first kappa shape index (κ1) is 12.7. The summed E-state index contributed by atoms with van der Waals surface area (Å²) in [5.41, 5.74) is 2.12. The maximum absolute atomic E-state index is 11.0. The van der Waals surface area contributed by atoms with Crippen LogP contribution in [0.5, 0.6) is 0 Å². The van der Waals surface area contributed by atoms with Gasteiger partial charge in [-0.1, -0.05) is 23.2 Å². The maximum atomic E-state index is 11.0. The quantitative estimate of drug-likeness (QED) is 0.901. The van der Waals surface area contributed by atoms with Crippen molar-refractivity contribution in [2.75, 3.05) is 6.54 Å². The van der Waals surface area contributed by atoms with Gasteiger partial charge in [0.1, 0.15) is 6.04 Å². The van der Waals surface area contributed by atoms with Crippen molar-refractivity contribution in [1.29, 1.82) is 0 Å². The number of nitrogens with zero attached hydrogens (tertiary/aromatic N) is 1. The van der Waals surface area contributed by atoms with Crippen molar-refractivity contribution >= 4 is 29.2 Å². The lowest BCUT2D eigenvalue weighted by Gasteiger charge is -2.32. The molecule has 5 heteroatoms. The Balaban J connectivity index is 2.27. The molecule has 1 aliphatic heterocycles. The Morgan fingerprint density at radius 3 is 2.82 bits per heavy atom. The van der Waals surface area contributed by atoms with E-state index in [1.165, 1.54) is 0 Å². The van der Waals surface area contributed by atoms with Gasteiger partial charge < -0.3 is 5.11 Å². The van der Waals surface area contributed by atoms with Gasteiger partial charge in [-0.2, -0.15) is 0 Å². The molecule has 0 saturated carbocycles. The summed E-state index contributed by atoms with van der Waals surface area (Å²) in [5.74, 6) is -0.807. The second kappa shape index (κ2) is 4.84. The topological polar surface area (TPSA) is 40.5 Å². The van der Waals surface area contributed by atoms with Gasteiger partial charge >= 0.3 is 5.97 Å². The molecule has 0 aromatic heterocycles. The fourth-order valence-corrected chi connectivity index (χ4v) is 2.69. The van der Waals surface area contributed by atoms with Crippen LogP contribution in [0.2, 0.25) is 10.0 Å². The third-order valence-corrected chi connectivity index (χ3v) is 3.74. The number of carbonyl (C=O) groups is 1. The van der Waals surface area contributed by atoms with E-state index in [2.05, 4.69) is 0 Å². The Labute approximate surface area is 110 Å². The van der Waals surface area contributed by atoms with E-state index in [4.69, 9.17) is 28.3 Å². The standard InChI is InChI=1S/C12H13Cl2NO2/c1-7(12(16)17)15-3-2-8-4-9(13)5-11(14)10(8)6-15/h4-5,7H,2-3,6H2,1H3,(H,16,17)/t7-/m0/s1. The first-order valence-corrected chi connectivity index (χ1v) is 6.18. The number of fused-ring (bicyclic) bond motifs is 1. The highest BCUT2D eigenvalue weighted by Crippen LogP contribution is 2.30. The lowest BCUT2D eigenvalue weighted by molar-refractivity contribution is -0.143. The van der Waals surface area contributed by atoms with E-state index in [1.807, 2.05) is 11.0 Å². The summed E-state index contributed by atoms with van der Waals surface area (Å²) in [6.45, 7) is 2.98. The summed E-state index contributed by atoms with van der Waals surface area (Å²) in [6, 6.07) is 3.12. The van der Waals surface area contributed by atoms with Gasteiger partial charge in [0.25, 0.3) is 0 Å². The number of hydrogen-bond acceptors (Lipinski definition) is 2. The zero-order valence-electron chi connectivity index (χ0n) is 9.41. The summed E-state index contributed by atoms with van der Waals surface area (Å²) in [7, 11) is 0. The van der Waals surface area contributed by atoms with Crippen molar-refractivity contribution in [2.45, 2.75) is 25.9 Å². The Morgan fingerprint density at radius 1 is 1.47 bits per heavy atom. The lowest BCUT2D eigenvalue weighted by Crippen LogP contribution is -2.42. The van der Waals surface area contributed by atoms with Crippen molar-refractivity contribution in [1.82, 2.24) is 4.90 Å². The van der Waals surface area contributed by atoms with Crippen LogP contribution in [0.3, 0.4) is 0 Å². The number of aliphatic carboxylic acids is 1. The van der Waals surface area contributed by atoms with Crippen LogP contribution in [0.4, 0.5) is 0 Å². The number of benzene rings is 1. The zero-order chi connectivity index (χ0) is 12.6. The maximum Gasteiger partial charge on any atom is 0.320 e. The monoisotopic (exact) mass is 273 g/mol. The Morgan fingerprint density at radius 2 is 2.18 bits per heavy atom. The molecule has 1 atom stereocenters. The molecule has 2 rings (SSSR count). The Hall–Kier alpha value is -0.770. The molecule has 1 aromatic rings. The number of halogens is 2. The molecule has 0 amide bonds. The molecule has 1 aliphatic rings. The fourth-order valence-electron chi connectivity index (χ4n) is 2.09. The molecular weight excluding hydrogens is 261 g/mol. The summed E-state index contributed by atoms with van der Waals surface area (Å²) in [6.07, 6.45) is 0.785. The van der Waals surface area contributed by atoms with E-state index >= 15 is 0 Å². The average molecular weight is 274 g/mol. The lowest BCUT2D eigenvalue weighted by atomic mass is 9.98. The first-order chi connectivity index (χ1) is 7.99. The number of carboxylic acid groups (broad SMARTS) is 1. The van der Waals surface area contributed by atoms with Crippen LogP contribution in [-0.2, 0) is 17.8 Å². The Bertz CT molecular complexity index is 462. The van der Waals surface area contributed by atoms with Crippen molar-refractivity contribution in [3.05, 3.63) is 33.3 Å². The van der Waals surface area contributed by atoms with Crippen LogP contribution in [0.15, 0.2) is 12.1 Å². The molecule has 1 heterocycles. The van der Waals surface area contributed by atoms with Gasteiger partial charge in [0.2, 0.25) is 0 Å². The molecule has 1 N–H and O–H groups in total. The number of rotatable bonds is 2. The highest BCUT2D eigenvalue weighted by atomic mass is 35.5. The predicted molar refractivity (Wildman–Crippen MR) is 67.7 cm³/mol. The van der Waals surface area contributed by atoms with Crippen LogP contribution in [0.25, 0.3) is 0 Å². The second-order valence-corrected chi connectivity index (χ2v) is 5.10. The van der Waals surface area contributed by atoms with E-state index < -0.39 is 12.0 Å². The third-order valence-electron chi connectivity index (χ3n) is 3.19. The predicted octanol–water partition coefficient (Wildman–Crippen LogP) is 2.82. The van der Waals surface area contributed by atoms with Crippen molar-refractivity contribution < 1.29 is 9.90 Å². The van der Waals surface area contributed by atoms with Crippen LogP contribution in [0, 0.1) is 0 Å². The van der Waals surface area contributed by atoms with Gasteiger partial charge in [0.15, 0.2) is 0 Å². The molecular formula is C12H13Cl2NO2. The molecule has 0 unspecified atom stereocenters. The zero-order valence-corrected chi connectivity index (χ0v) is 10.9. The molecule has 92 valence electrons. The minimum atomic E-state index is -0.807. The second-order valence-electron chi connectivity index (χ2n) is 4.26. The minimum Gasteiger partial charge on any atom is -0.480 e. The molecule has 0 saturated heterocycles. The highest BCUT2D eigenvalue weighted by molar-refractivity contribution is 6.35. The normalized spacial score (nSPS) is 17.6. The summed E-state index contributed by atoms with van der Waals surface area (Å²) in [4.78, 5) is 12.9. The average Bonchev–Trinajstić information content (AvgIpc) is 2.27. The molecule has 17 heavy (non-hydrogen) atoms. The van der Waals surface area contributed by atoms with Crippen molar-refractivity contribution in [3.8, 4) is 0 Å². The first-order valence-electron chi connectivity index (χ1n) is 5.42. The van der Waals surface area contributed by atoms with Crippen LogP contribution in [0.1, 0.15) is 18.1 Å². The van der Waals surface area contributed by atoms with E-state index in [9.17, 15) is 4.79 Å². The summed E-state index contributed by atoms with van der Waals surface area (Å²) in [5, 5.41) is 10.3. The summed E-state index contributed by atoms with van der Waals surface area (Å²) < 4.78 is 0. The van der Waals surface area contributed by atoms with Crippen LogP contribution < -0.4 is 0 Å². The van der Waals surface area contributed by atoms with Gasteiger partial charge in [-0.25, -0.2) is 0 Å². The van der Waals surface area contributed by atoms with Crippen molar-refractivity contribution in [2.24, 2.45) is 0 Å². The molecule has 0 fully saturated rings. The number of hydrogen-bond donors (Lipinski definition) is 1.